The standard InChI is InChI=1S/C50H64N2O10S2/c1-34-32-41(64(59,60)61)35(2)46-47(34)51(31-18-12-16-25-45(55)62-52-43(53)28-29-44(52)54)42(48(46,3)4)24-15-11-17-30-50(7)39(23-19-22-36-20-13-9-8-10-14-21-36)38-27-26-37(63(56,57)58)33-40(38)49(50,5)6/h8-11,13-15,17,20-21,24,26-27,30,33-35,39,41H,12,16,18-19,22-23,25,28-29,31-32H2,1-7H3,(H,56,57,58)(H,59,60,61)/b9-8-,10-8?,13-9?,14-10-,15-11+,20-13-,21-14?,30-17+,36-20?,36-21+,42-24+. The third-order valence-corrected chi connectivity index (χ3v) is 16.7. The van der Waals surface area contributed by atoms with E-state index < -0.39 is 65.4 Å². The van der Waals surface area contributed by atoms with Crippen molar-refractivity contribution in [1.29, 1.82) is 0 Å². The summed E-state index contributed by atoms with van der Waals surface area (Å²) >= 11 is 0. The Hall–Kier alpha value is -4.63. The van der Waals surface area contributed by atoms with Crippen molar-refractivity contribution in [2.45, 2.75) is 134 Å². The maximum absolute atomic E-state index is 12.6. The summed E-state index contributed by atoms with van der Waals surface area (Å²) in [7, 11) is -8.73. The van der Waals surface area contributed by atoms with Crippen molar-refractivity contribution in [3.05, 3.63) is 125 Å². The van der Waals surface area contributed by atoms with E-state index in [1.165, 1.54) is 11.6 Å². The van der Waals surface area contributed by atoms with Crippen LogP contribution in [-0.4, -0.2) is 65.5 Å². The van der Waals surface area contributed by atoms with Crippen LogP contribution in [0.2, 0.25) is 0 Å². The molecule has 0 aromatic heterocycles. The highest BCUT2D eigenvalue weighted by molar-refractivity contribution is 7.86. The van der Waals surface area contributed by atoms with Gasteiger partial charge < -0.3 is 9.74 Å². The van der Waals surface area contributed by atoms with Crippen molar-refractivity contribution >= 4 is 38.0 Å². The zero-order chi connectivity index (χ0) is 46.8. The molecule has 0 bridgehead atoms. The van der Waals surface area contributed by atoms with Crippen molar-refractivity contribution in [3.8, 4) is 0 Å². The zero-order valence-corrected chi connectivity index (χ0v) is 39.8. The number of carbonyl (C=O) groups excluding carboxylic acids is 3. The van der Waals surface area contributed by atoms with E-state index in [0.717, 1.165) is 47.4 Å². The molecule has 1 saturated heterocycles. The maximum Gasteiger partial charge on any atom is 0.333 e. The van der Waals surface area contributed by atoms with Crippen LogP contribution in [0.25, 0.3) is 0 Å². The lowest BCUT2D eigenvalue weighted by molar-refractivity contribution is -0.197. The van der Waals surface area contributed by atoms with Gasteiger partial charge in [0, 0.05) is 48.0 Å². The molecule has 0 radical (unpaired) electrons. The van der Waals surface area contributed by atoms with E-state index in [-0.39, 0.29) is 42.4 Å². The molecule has 0 saturated carbocycles. The molecule has 346 valence electrons. The van der Waals surface area contributed by atoms with Crippen molar-refractivity contribution in [3.63, 3.8) is 0 Å². The number of allylic oxidation sites excluding steroid dienone is 15. The molecule has 1 aromatic carbocycles. The molecule has 2 amide bonds. The molecule has 14 heteroatoms. The second-order valence-electron chi connectivity index (χ2n) is 19.2. The number of amides is 2. The number of unbranched alkanes of at least 4 members (excludes halogenated alkanes) is 2. The topological polar surface area (TPSA) is 176 Å². The molecule has 1 aromatic rings. The first-order valence-corrected chi connectivity index (χ1v) is 25.4. The summed E-state index contributed by atoms with van der Waals surface area (Å²) in [6.45, 7) is 15.1. The largest absolute Gasteiger partial charge is 0.347 e. The minimum absolute atomic E-state index is 0.0309. The summed E-state index contributed by atoms with van der Waals surface area (Å²) in [6.07, 6.45) is 29.5. The summed E-state index contributed by atoms with van der Waals surface area (Å²) < 4.78 is 70.2. The molecular weight excluding hydrogens is 853 g/mol. The van der Waals surface area contributed by atoms with Gasteiger partial charge in [-0.15, -0.1) is 5.06 Å². The fraction of sp³-hybridized carbons (Fsp3) is 0.500. The van der Waals surface area contributed by atoms with Crippen LogP contribution < -0.4 is 0 Å². The molecule has 1 fully saturated rings. The lowest BCUT2D eigenvalue weighted by atomic mass is 9.62. The first-order chi connectivity index (χ1) is 30.0. The van der Waals surface area contributed by atoms with Gasteiger partial charge in [-0.05, 0) is 102 Å². The Morgan fingerprint density at radius 3 is 2.25 bits per heavy atom. The molecule has 12 nitrogen and oxygen atoms in total. The van der Waals surface area contributed by atoms with Crippen molar-refractivity contribution in [2.24, 2.45) is 22.7 Å². The van der Waals surface area contributed by atoms with Gasteiger partial charge in [0.2, 0.25) is 0 Å². The molecule has 6 rings (SSSR count). The van der Waals surface area contributed by atoms with E-state index in [2.05, 4.69) is 63.8 Å². The Bertz CT molecular complexity index is 2490. The predicted octanol–water partition coefficient (Wildman–Crippen LogP) is 9.79. The number of benzene rings is 1. The molecule has 2 N–H and O–H groups in total. The van der Waals surface area contributed by atoms with Gasteiger partial charge in [0.1, 0.15) is 0 Å². The number of fused-ring (bicyclic) bond motifs is 1. The molecule has 2 heterocycles. The molecule has 0 spiro atoms. The number of hydrogen-bond acceptors (Lipinski definition) is 9. The van der Waals surface area contributed by atoms with Crippen LogP contribution in [0.1, 0.15) is 130 Å². The molecule has 64 heavy (non-hydrogen) atoms. The fourth-order valence-electron chi connectivity index (χ4n) is 10.8. The molecular formula is C50H64N2O10S2. The Kier molecular flexibility index (Phi) is 14.5. The number of hydrogen-bond donors (Lipinski definition) is 2. The molecule has 5 aliphatic rings. The van der Waals surface area contributed by atoms with Gasteiger partial charge in [0.05, 0.1) is 10.1 Å². The summed E-state index contributed by atoms with van der Waals surface area (Å²) in [5.41, 5.74) is 4.68. The average molecular weight is 917 g/mol. The molecule has 5 atom stereocenters. The van der Waals surface area contributed by atoms with Gasteiger partial charge in [-0.25, -0.2) is 4.79 Å². The zero-order valence-electron chi connectivity index (χ0n) is 38.1. The quantitative estimate of drug-likeness (QED) is 0.0699. The lowest BCUT2D eigenvalue weighted by Crippen LogP contribution is -2.38. The van der Waals surface area contributed by atoms with Crippen LogP contribution in [0.4, 0.5) is 0 Å². The minimum Gasteiger partial charge on any atom is -0.347 e. The van der Waals surface area contributed by atoms with Crippen molar-refractivity contribution in [2.75, 3.05) is 6.54 Å². The monoisotopic (exact) mass is 916 g/mol. The minimum atomic E-state index is -4.41. The molecule has 2 aliphatic heterocycles. The Morgan fingerprint density at radius 2 is 1.56 bits per heavy atom. The second kappa shape index (κ2) is 19.1. The number of hydroxylamine groups is 2. The van der Waals surface area contributed by atoms with E-state index >= 15 is 0 Å². The van der Waals surface area contributed by atoms with Crippen molar-refractivity contribution < 1.29 is 45.2 Å². The highest BCUT2D eigenvalue weighted by Gasteiger charge is 2.54. The van der Waals surface area contributed by atoms with Crippen LogP contribution in [0, 0.1) is 22.7 Å². The average Bonchev–Trinajstić information content (AvgIpc) is 3.69. The fourth-order valence-corrected chi connectivity index (χ4v) is 12.5. The lowest BCUT2D eigenvalue weighted by Gasteiger charge is -2.41. The van der Waals surface area contributed by atoms with Crippen LogP contribution >= 0.6 is 0 Å². The third kappa shape index (κ3) is 9.95. The first-order valence-electron chi connectivity index (χ1n) is 22.4. The summed E-state index contributed by atoms with van der Waals surface area (Å²) in [6, 6.07) is 4.98. The van der Waals surface area contributed by atoms with Crippen molar-refractivity contribution in [1.82, 2.24) is 9.96 Å². The van der Waals surface area contributed by atoms with E-state index in [1.54, 1.807) is 6.07 Å². The van der Waals surface area contributed by atoms with Crippen LogP contribution in [0.15, 0.2) is 119 Å². The first kappa shape index (κ1) is 48.8. The molecule has 3 aliphatic carbocycles. The second-order valence-corrected chi connectivity index (χ2v) is 22.2. The normalized spacial score (nSPS) is 29.5. The van der Waals surface area contributed by atoms with Crippen LogP contribution in [-0.2, 0) is 44.9 Å². The predicted molar refractivity (Wildman–Crippen MR) is 247 cm³/mol. The Morgan fingerprint density at radius 1 is 0.875 bits per heavy atom. The highest BCUT2D eigenvalue weighted by atomic mass is 32.2. The summed E-state index contributed by atoms with van der Waals surface area (Å²) in [5.74, 6) is -2.21. The number of nitrogens with zero attached hydrogens (tertiary/aromatic N) is 2. The number of imide groups is 1. The highest BCUT2D eigenvalue weighted by Crippen LogP contribution is 2.61. The SMILES string of the molecule is CC1CC(S(=O)(=O)O)C(C)C2=C1N(CCCCCC(=O)ON1C(=O)CCC1=O)/C(=C/C=C/C=C/C1(C)C(CCCC3=C/C=C\C=C/C=C\3)c3ccc(S(=O)(=O)O)cc3C1(C)C)C2(C)C. The van der Waals surface area contributed by atoms with Gasteiger partial charge >= 0.3 is 5.97 Å². The third-order valence-electron chi connectivity index (χ3n) is 14.5. The summed E-state index contributed by atoms with van der Waals surface area (Å²) in [4.78, 5) is 43.5. The Labute approximate surface area is 379 Å². The Balaban J connectivity index is 1.25. The van der Waals surface area contributed by atoms with Crippen LogP contribution in [0.3, 0.4) is 0 Å². The summed E-state index contributed by atoms with van der Waals surface area (Å²) in [5, 5.41) is -0.365. The number of rotatable bonds is 16. The van der Waals surface area contributed by atoms with E-state index in [1.807, 2.05) is 68.5 Å². The maximum atomic E-state index is 12.6. The van der Waals surface area contributed by atoms with E-state index in [0.29, 0.717) is 30.9 Å². The van der Waals surface area contributed by atoms with E-state index in [9.17, 15) is 40.3 Å². The smallest absolute Gasteiger partial charge is 0.333 e. The van der Waals surface area contributed by atoms with Gasteiger partial charge in [-0.2, -0.15) is 16.8 Å². The van der Waals surface area contributed by atoms with Gasteiger partial charge in [-0.1, -0.05) is 128 Å². The van der Waals surface area contributed by atoms with Gasteiger partial charge in [0.15, 0.2) is 0 Å². The number of carbonyl (C=O) groups is 3. The van der Waals surface area contributed by atoms with Gasteiger partial charge in [0.25, 0.3) is 32.1 Å². The van der Waals surface area contributed by atoms with Gasteiger partial charge in [-0.3, -0.25) is 18.7 Å². The van der Waals surface area contributed by atoms with Crippen LogP contribution in [0.5, 0.6) is 0 Å². The molecule has 5 unspecified atom stereocenters. The van der Waals surface area contributed by atoms with E-state index in [4.69, 9.17) is 4.84 Å².